The molecule has 23 heavy (non-hydrogen) atoms. The first-order valence-electron chi connectivity index (χ1n) is 7.42. The molecule has 0 N–H and O–H groups in total. The van der Waals surface area contributed by atoms with Crippen LogP contribution in [0, 0.1) is 10.1 Å². The highest BCUT2D eigenvalue weighted by atomic mass is 32.2. The van der Waals surface area contributed by atoms with Gasteiger partial charge in [-0.3, -0.25) is 10.1 Å². The largest absolute Gasteiger partial charge is 0.489 e. The fourth-order valence-electron chi connectivity index (χ4n) is 2.33. The smallest absolute Gasteiger partial charge is 0.269 e. The third-order valence-electron chi connectivity index (χ3n) is 3.51. The van der Waals surface area contributed by atoms with Crippen molar-refractivity contribution in [2.45, 2.75) is 17.6 Å². The molecule has 0 spiro atoms. The molecule has 0 radical (unpaired) electrons. The number of nitro groups is 1. The summed E-state index contributed by atoms with van der Waals surface area (Å²) in [7, 11) is 0. The van der Waals surface area contributed by atoms with Gasteiger partial charge in [-0.05, 0) is 41.2 Å². The van der Waals surface area contributed by atoms with Crippen molar-refractivity contribution in [3.05, 3.63) is 69.8 Å². The summed E-state index contributed by atoms with van der Waals surface area (Å²) >= 11 is 3.99. The lowest BCUT2D eigenvalue weighted by atomic mass is 10.2. The summed E-state index contributed by atoms with van der Waals surface area (Å²) in [6.07, 6.45) is 1.29. The molecule has 6 heteroatoms. The molecule has 1 aliphatic heterocycles. The Labute approximate surface area is 143 Å². The quantitative estimate of drug-likeness (QED) is 0.560. The molecular weight excluding hydrogens is 330 g/mol. The molecule has 2 aromatic rings. The van der Waals surface area contributed by atoms with Crippen molar-refractivity contribution < 1.29 is 9.66 Å². The van der Waals surface area contributed by atoms with E-state index in [0.717, 1.165) is 11.3 Å². The molecule has 0 unspecified atom stereocenters. The van der Waals surface area contributed by atoms with Crippen LogP contribution in [0.25, 0.3) is 0 Å². The van der Waals surface area contributed by atoms with Crippen molar-refractivity contribution in [2.24, 2.45) is 0 Å². The molecule has 1 fully saturated rings. The van der Waals surface area contributed by atoms with E-state index >= 15 is 0 Å². The molecule has 0 atom stereocenters. The van der Waals surface area contributed by atoms with Crippen LogP contribution in [0.1, 0.15) is 22.1 Å². The normalized spacial score (nSPS) is 15.3. The van der Waals surface area contributed by atoms with Crippen molar-refractivity contribution in [3.8, 4) is 5.75 Å². The lowest BCUT2D eigenvalue weighted by Crippen LogP contribution is -2.00. The fourth-order valence-corrected chi connectivity index (χ4v) is 5.22. The highest BCUT2D eigenvalue weighted by Crippen LogP contribution is 2.43. The molecule has 1 saturated heterocycles. The van der Waals surface area contributed by atoms with Crippen LogP contribution in [0.15, 0.2) is 48.5 Å². The van der Waals surface area contributed by atoms with Gasteiger partial charge in [0.15, 0.2) is 0 Å². The number of ether oxygens (including phenoxy) is 1. The molecular formula is C17H17NO3S2. The monoisotopic (exact) mass is 347 g/mol. The predicted molar refractivity (Wildman–Crippen MR) is 96.1 cm³/mol. The number of nitro benzene ring substituents is 1. The number of nitrogens with zero attached hydrogens (tertiary/aromatic N) is 1. The van der Waals surface area contributed by atoms with Crippen molar-refractivity contribution in [2.75, 3.05) is 11.5 Å². The standard InChI is InChI=1S/C17H17NO3S2/c19-18(20)15-4-1-3-13(11-15)12-21-16-7-5-14(6-8-16)17-22-9-2-10-23-17/h1,3-8,11,17H,2,9-10,12H2. The fraction of sp³-hybridized carbons (Fsp3) is 0.294. The first-order valence-corrected chi connectivity index (χ1v) is 9.51. The van der Waals surface area contributed by atoms with Gasteiger partial charge in [0, 0.05) is 12.1 Å². The van der Waals surface area contributed by atoms with Gasteiger partial charge >= 0.3 is 0 Å². The summed E-state index contributed by atoms with van der Waals surface area (Å²) in [5, 5.41) is 10.8. The van der Waals surface area contributed by atoms with Crippen LogP contribution in [0.4, 0.5) is 5.69 Å². The maximum absolute atomic E-state index is 10.8. The van der Waals surface area contributed by atoms with Gasteiger partial charge in [-0.1, -0.05) is 24.3 Å². The van der Waals surface area contributed by atoms with Crippen LogP contribution < -0.4 is 4.74 Å². The molecule has 1 heterocycles. The lowest BCUT2D eigenvalue weighted by molar-refractivity contribution is -0.384. The van der Waals surface area contributed by atoms with Gasteiger partial charge in [0.1, 0.15) is 12.4 Å². The Balaban J connectivity index is 1.60. The van der Waals surface area contributed by atoms with E-state index in [-0.39, 0.29) is 5.69 Å². The van der Waals surface area contributed by atoms with E-state index in [1.165, 1.54) is 29.6 Å². The molecule has 120 valence electrons. The van der Waals surface area contributed by atoms with Gasteiger partial charge in [0.2, 0.25) is 0 Å². The summed E-state index contributed by atoms with van der Waals surface area (Å²) in [5.74, 6) is 3.23. The second kappa shape index (κ2) is 7.75. The van der Waals surface area contributed by atoms with Gasteiger partial charge in [0.25, 0.3) is 5.69 Å². The number of benzene rings is 2. The van der Waals surface area contributed by atoms with Crippen molar-refractivity contribution in [1.82, 2.24) is 0 Å². The maximum atomic E-state index is 10.8. The predicted octanol–water partition coefficient (Wildman–Crippen LogP) is 5.04. The molecule has 0 aliphatic carbocycles. The zero-order chi connectivity index (χ0) is 16.1. The summed E-state index contributed by atoms with van der Waals surface area (Å²) in [5.41, 5.74) is 2.21. The summed E-state index contributed by atoms with van der Waals surface area (Å²) in [4.78, 5) is 10.4. The third kappa shape index (κ3) is 4.42. The first kappa shape index (κ1) is 16.2. The van der Waals surface area contributed by atoms with E-state index in [1.54, 1.807) is 12.1 Å². The molecule has 4 nitrogen and oxygen atoms in total. The van der Waals surface area contributed by atoms with Gasteiger partial charge in [-0.25, -0.2) is 0 Å². The van der Waals surface area contributed by atoms with E-state index in [9.17, 15) is 10.1 Å². The Kier molecular flexibility index (Phi) is 5.46. The minimum Gasteiger partial charge on any atom is -0.489 e. The number of thioether (sulfide) groups is 2. The second-order valence-electron chi connectivity index (χ2n) is 5.21. The molecule has 0 saturated carbocycles. The van der Waals surface area contributed by atoms with Crippen LogP contribution >= 0.6 is 23.5 Å². The highest BCUT2D eigenvalue weighted by Gasteiger charge is 2.16. The zero-order valence-electron chi connectivity index (χ0n) is 12.5. The summed E-state index contributed by atoms with van der Waals surface area (Å²) in [6, 6.07) is 14.7. The number of hydrogen-bond acceptors (Lipinski definition) is 5. The average Bonchev–Trinajstić information content (AvgIpc) is 2.61. The Morgan fingerprint density at radius 3 is 2.57 bits per heavy atom. The summed E-state index contributed by atoms with van der Waals surface area (Å²) in [6.45, 7) is 0.327. The number of non-ortho nitro benzene ring substituents is 1. The van der Waals surface area contributed by atoms with Crippen molar-refractivity contribution >= 4 is 29.2 Å². The Bertz CT molecular complexity index is 670. The molecule has 0 aromatic heterocycles. The van der Waals surface area contributed by atoms with E-state index in [4.69, 9.17) is 4.74 Å². The molecule has 3 rings (SSSR count). The lowest BCUT2D eigenvalue weighted by Gasteiger charge is -2.21. The summed E-state index contributed by atoms with van der Waals surface area (Å²) < 4.78 is 6.26. The Morgan fingerprint density at radius 2 is 1.87 bits per heavy atom. The topological polar surface area (TPSA) is 52.4 Å². The number of hydrogen-bond donors (Lipinski definition) is 0. The Morgan fingerprint density at radius 1 is 1.13 bits per heavy atom. The second-order valence-corrected chi connectivity index (χ2v) is 7.94. The van der Waals surface area contributed by atoms with Gasteiger partial charge in [-0.2, -0.15) is 0 Å². The van der Waals surface area contributed by atoms with Crippen molar-refractivity contribution in [3.63, 3.8) is 0 Å². The first-order chi connectivity index (χ1) is 11.2. The SMILES string of the molecule is O=[N+]([O-])c1cccc(COc2ccc(C3SCCCS3)cc2)c1. The van der Waals surface area contributed by atoms with E-state index in [1.807, 2.05) is 41.7 Å². The van der Waals surface area contributed by atoms with Crippen LogP contribution in [0.2, 0.25) is 0 Å². The third-order valence-corrected chi connectivity index (χ3v) is 6.52. The van der Waals surface area contributed by atoms with Crippen molar-refractivity contribution in [1.29, 1.82) is 0 Å². The minimum atomic E-state index is -0.391. The number of rotatable bonds is 5. The van der Waals surface area contributed by atoms with E-state index < -0.39 is 4.92 Å². The molecule has 1 aliphatic rings. The van der Waals surface area contributed by atoms with Crippen LogP contribution in [0.5, 0.6) is 5.75 Å². The van der Waals surface area contributed by atoms with E-state index in [2.05, 4.69) is 12.1 Å². The highest BCUT2D eigenvalue weighted by molar-refractivity contribution is 8.16. The van der Waals surface area contributed by atoms with Crippen LogP contribution in [-0.4, -0.2) is 16.4 Å². The van der Waals surface area contributed by atoms with Crippen LogP contribution in [-0.2, 0) is 6.61 Å². The van der Waals surface area contributed by atoms with Gasteiger partial charge in [-0.15, -0.1) is 23.5 Å². The van der Waals surface area contributed by atoms with E-state index in [0.29, 0.717) is 11.2 Å². The van der Waals surface area contributed by atoms with Gasteiger partial charge in [0.05, 0.1) is 9.51 Å². The molecule has 0 amide bonds. The molecule has 2 aromatic carbocycles. The average molecular weight is 347 g/mol. The van der Waals surface area contributed by atoms with Crippen LogP contribution in [0.3, 0.4) is 0 Å². The maximum Gasteiger partial charge on any atom is 0.269 e. The van der Waals surface area contributed by atoms with Gasteiger partial charge < -0.3 is 4.74 Å². The molecule has 0 bridgehead atoms. The zero-order valence-corrected chi connectivity index (χ0v) is 14.1. The minimum absolute atomic E-state index is 0.0906. The Hall–Kier alpha value is -1.66.